The summed E-state index contributed by atoms with van der Waals surface area (Å²) in [4.78, 5) is 5.07. The normalized spacial score (nSPS) is 18.2. The molecule has 0 bridgehead atoms. The summed E-state index contributed by atoms with van der Waals surface area (Å²) >= 11 is 2.10. The third-order valence-corrected chi connectivity index (χ3v) is 4.15. The van der Waals surface area contributed by atoms with Crippen LogP contribution in [0.3, 0.4) is 0 Å². The summed E-state index contributed by atoms with van der Waals surface area (Å²) in [7, 11) is 0. The second-order valence-corrected chi connectivity index (χ2v) is 5.46. The van der Waals surface area contributed by atoms with E-state index in [-0.39, 0.29) is 0 Å². The van der Waals surface area contributed by atoms with Crippen LogP contribution in [-0.4, -0.2) is 73.7 Å². The smallest absolute Gasteiger partial charge is 0.0108 e. The standard InChI is InChI=1S/C12H27N3S/c1-3-14(4-2)9-11-16-12-10-15-7-5-13-6-8-15/h13H,3-12H2,1-2H3. The van der Waals surface area contributed by atoms with Crippen LogP contribution in [0.4, 0.5) is 0 Å². The molecule has 1 N–H and O–H groups in total. The van der Waals surface area contributed by atoms with Gasteiger partial charge >= 0.3 is 0 Å². The van der Waals surface area contributed by atoms with E-state index in [1.165, 1.54) is 63.9 Å². The number of rotatable bonds is 8. The van der Waals surface area contributed by atoms with E-state index in [0.717, 1.165) is 0 Å². The first-order valence-electron chi connectivity index (χ1n) is 6.60. The van der Waals surface area contributed by atoms with Gasteiger partial charge in [-0.15, -0.1) is 0 Å². The quantitative estimate of drug-likeness (QED) is 0.642. The fraction of sp³-hybridized carbons (Fsp3) is 1.00. The highest BCUT2D eigenvalue weighted by atomic mass is 32.2. The van der Waals surface area contributed by atoms with Crippen molar-refractivity contribution < 1.29 is 0 Å². The molecule has 0 aromatic heterocycles. The lowest BCUT2D eigenvalue weighted by atomic mass is 10.4. The predicted octanol–water partition coefficient (Wildman–Crippen LogP) is 0.967. The van der Waals surface area contributed by atoms with E-state index in [1.807, 2.05) is 0 Å². The molecule has 1 heterocycles. The van der Waals surface area contributed by atoms with Crippen LogP contribution in [0.5, 0.6) is 0 Å². The van der Waals surface area contributed by atoms with E-state index in [0.29, 0.717) is 0 Å². The highest BCUT2D eigenvalue weighted by molar-refractivity contribution is 7.99. The molecular weight excluding hydrogens is 218 g/mol. The van der Waals surface area contributed by atoms with Crippen molar-refractivity contribution in [3.8, 4) is 0 Å². The van der Waals surface area contributed by atoms with E-state index in [2.05, 4.69) is 40.7 Å². The number of thioether (sulfide) groups is 1. The van der Waals surface area contributed by atoms with Gasteiger partial charge in [-0.05, 0) is 13.1 Å². The van der Waals surface area contributed by atoms with Crippen molar-refractivity contribution in [3.05, 3.63) is 0 Å². The summed E-state index contributed by atoms with van der Waals surface area (Å²) in [6, 6.07) is 0. The minimum atomic E-state index is 1.17. The van der Waals surface area contributed by atoms with Gasteiger partial charge in [-0.3, -0.25) is 4.90 Å². The van der Waals surface area contributed by atoms with E-state index < -0.39 is 0 Å². The van der Waals surface area contributed by atoms with Gasteiger partial charge < -0.3 is 10.2 Å². The molecule has 96 valence electrons. The lowest BCUT2D eigenvalue weighted by Crippen LogP contribution is -2.44. The van der Waals surface area contributed by atoms with Crippen LogP contribution < -0.4 is 5.32 Å². The largest absolute Gasteiger partial charge is 0.314 e. The van der Waals surface area contributed by atoms with Gasteiger partial charge in [-0.1, -0.05) is 13.8 Å². The number of nitrogens with one attached hydrogen (secondary N) is 1. The fourth-order valence-corrected chi connectivity index (χ4v) is 2.94. The molecule has 0 atom stereocenters. The number of nitrogens with zero attached hydrogens (tertiary/aromatic N) is 2. The minimum absolute atomic E-state index is 1.17. The Bertz CT molecular complexity index is 156. The Labute approximate surface area is 105 Å². The summed E-state index contributed by atoms with van der Waals surface area (Å²) in [6.45, 7) is 14.2. The van der Waals surface area contributed by atoms with Crippen LogP contribution in [0, 0.1) is 0 Å². The van der Waals surface area contributed by atoms with Gasteiger partial charge in [0.05, 0.1) is 0 Å². The van der Waals surface area contributed by atoms with E-state index in [4.69, 9.17) is 0 Å². The molecule has 1 rings (SSSR count). The Balaban J connectivity index is 1.90. The fourth-order valence-electron chi connectivity index (χ4n) is 1.96. The number of hydrogen-bond donors (Lipinski definition) is 1. The molecule has 1 fully saturated rings. The van der Waals surface area contributed by atoms with E-state index in [1.54, 1.807) is 0 Å². The Kier molecular flexibility index (Phi) is 8.29. The average molecular weight is 245 g/mol. The van der Waals surface area contributed by atoms with Gasteiger partial charge in [0, 0.05) is 50.8 Å². The maximum atomic E-state index is 3.39. The Morgan fingerprint density at radius 3 is 2.44 bits per heavy atom. The van der Waals surface area contributed by atoms with Crippen molar-refractivity contribution in [2.75, 3.05) is 63.9 Å². The Morgan fingerprint density at radius 1 is 1.12 bits per heavy atom. The maximum absolute atomic E-state index is 3.39. The lowest BCUT2D eigenvalue weighted by molar-refractivity contribution is 0.255. The van der Waals surface area contributed by atoms with Crippen molar-refractivity contribution >= 4 is 11.8 Å². The average Bonchev–Trinajstić information content (AvgIpc) is 2.35. The molecule has 1 aliphatic heterocycles. The molecule has 0 spiro atoms. The van der Waals surface area contributed by atoms with Crippen molar-refractivity contribution in [2.45, 2.75) is 13.8 Å². The SMILES string of the molecule is CCN(CC)CCSCCN1CCNCC1. The topological polar surface area (TPSA) is 18.5 Å². The molecule has 0 amide bonds. The van der Waals surface area contributed by atoms with Crippen molar-refractivity contribution in [1.29, 1.82) is 0 Å². The third kappa shape index (κ3) is 6.09. The zero-order valence-corrected chi connectivity index (χ0v) is 11.7. The number of piperazine rings is 1. The van der Waals surface area contributed by atoms with Crippen LogP contribution in [0.25, 0.3) is 0 Å². The van der Waals surface area contributed by atoms with Crippen LogP contribution in [-0.2, 0) is 0 Å². The van der Waals surface area contributed by atoms with Crippen molar-refractivity contribution in [2.24, 2.45) is 0 Å². The van der Waals surface area contributed by atoms with Crippen LogP contribution >= 0.6 is 11.8 Å². The predicted molar refractivity (Wildman–Crippen MR) is 74.4 cm³/mol. The maximum Gasteiger partial charge on any atom is 0.0108 e. The van der Waals surface area contributed by atoms with Gasteiger partial charge in [0.1, 0.15) is 0 Å². The van der Waals surface area contributed by atoms with E-state index >= 15 is 0 Å². The molecule has 1 saturated heterocycles. The monoisotopic (exact) mass is 245 g/mol. The lowest BCUT2D eigenvalue weighted by Gasteiger charge is -2.27. The first-order chi connectivity index (χ1) is 7.86. The molecule has 0 unspecified atom stereocenters. The molecule has 16 heavy (non-hydrogen) atoms. The summed E-state index contributed by atoms with van der Waals surface area (Å²) in [6.07, 6.45) is 0. The first kappa shape index (κ1) is 14.3. The molecule has 0 saturated carbocycles. The molecule has 3 nitrogen and oxygen atoms in total. The molecule has 0 aromatic rings. The summed E-state index contributed by atoms with van der Waals surface area (Å²) in [5.74, 6) is 2.58. The van der Waals surface area contributed by atoms with Crippen LogP contribution in [0.1, 0.15) is 13.8 Å². The molecule has 0 radical (unpaired) electrons. The van der Waals surface area contributed by atoms with Gasteiger partial charge in [0.25, 0.3) is 0 Å². The van der Waals surface area contributed by atoms with Gasteiger partial charge in [0.15, 0.2) is 0 Å². The second kappa shape index (κ2) is 9.28. The summed E-state index contributed by atoms with van der Waals surface area (Å²) in [5.41, 5.74) is 0. The van der Waals surface area contributed by atoms with Crippen molar-refractivity contribution in [1.82, 2.24) is 15.1 Å². The molecular formula is C12H27N3S. The van der Waals surface area contributed by atoms with Crippen LogP contribution in [0.15, 0.2) is 0 Å². The highest BCUT2D eigenvalue weighted by Gasteiger charge is 2.08. The first-order valence-corrected chi connectivity index (χ1v) is 7.75. The molecule has 4 heteroatoms. The highest BCUT2D eigenvalue weighted by Crippen LogP contribution is 2.03. The number of hydrogen-bond acceptors (Lipinski definition) is 4. The van der Waals surface area contributed by atoms with E-state index in [9.17, 15) is 0 Å². The Morgan fingerprint density at radius 2 is 1.81 bits per heavy atom. The van der Waals surface area contributed by atoms with Gasteiger partial charge in [-0.25, -0.2) is 0 Å². The second-order valence-electron chi connectivity index (χ2n) is 4.23. The molecule has 1 aliphatic rings. The summed E-state index contributed by atoms with van der Waals surface area (Å²) < 4.78 is 0. The molecule has 0 aromatic carbocycles. The minimum Gasteiger partial charge on any atom is -0.314 e. The zero-order chi connectivity index (χ0) is 11.6. The van der Waals surface area contributed by atoms with Gasteiger partial charge in [-0.2, -0.15) is 11.8 Å². The van der Waals surface area contributed by atoms with Gasteiger partial charge in [0.2, 0.25) is 0 Å². The summed E-state index contributed by atoms with van der Waals surface area (Å²) in [5, 5.41) is 3.39. The zero-order valence-electron chi connectivity index (χ0n) is 10.9. The third-order valence-electron chi connectivity index (χ3n) is 3.21. The van der Waals surface area contributed by atoms with Crippen molar-refractivity contribution in [3.63, 3.8) is 0 Å². The molecule has 0 aliphatic carbocycles. The Hall–Kier alpha value is 0.230. The van der Waals surface area contributed by atoms with Crippen LogP contribution in [0.2, 0.25) is 0 Å².